The van der Waals surface area contributed by atoms with Gasteiger partial charge in [0.1, 0.15) is 12.2 Å². The van der Waals surface area contributed by atoms with Crippen LogP contribution in [-0.2, 0) is 23.7 Å². The minimum atomic E-state index is -2.26. The predicted octanol–water partition coefficient (Wildman–Crippen LogP) is 4.75. The molecule has 3 rings (SSSR count). The van der Waals surface area contributed by atoms with E-state index in [2.05, 4.69) is 20.8 Å². The van der Waals surface area contributed by atoms with Gasteiger partial charge in [-0.05, 0) is 167 Å². The molecule has 97 heavy (non-hydrogen) atoms. The first kappa shape index (κ1) is 88.8. The van der Waals surface area contributed by atoms with Gasteiger partial charge in [0.2, 0.25) is 0 Å². The maximum atomic E-state index is 13.8. The maximum absolute atomic E-state index is 13.8. The molecule has 2 saturated heterocycles. The van der Waals surface area contributed by atoms with Gasteiger partial charge < -0.3 is 111 Å². The van der Waals surface area contributed by atoms with Crippen molar-refractivity contribution in [1.82, 2.24) is 4.90 Å². The van der Waals surface area contributed by atoms with Crippen LogP contribution in [0.1, 0.15) is 212 Å². The van der Waals surface area contributed by atoms with E-state index in [1.165, 1.54) is 12.2 Å². The lowest BCUT2D eigenvalue weighted by Gasteiger charge is -2.50. The quantitative estimate of drug-likeness (QED) is 0.115. The fourth-order valence-electron chi connectivity index (χ4n) is 13.7. The highest BCUT2D eigenvalue weighted by Gasteiger charge is 2.53. The molecule has 3 heterocycles. The Balaban J connectivity index is 1.87. The number of nitrogens with zero attached hydrogens (tertiary/aromatic N) is 1. The molecule has 568 valence electrons. The van der Waals surface area contributed by atoms with Crippen LogP contribution in [0.25, 0.3) is 0 Å². The Morgan fingerprint density at radius 3 is 1.79 bits per heavy atom. The third-order valence-corrected chi connectivity index (χ3v) is 21.7. The first-order chi connectivity index (χ1) is 45.3. The van der Waals surface area contributed by atoms with E-state index in [-0.39, 0.29) is 89.4 Å². The van der Waals surface area contributed by atoms with Crippen LogP contribution in [-0.4, -0.2) is 252 Å². The second kappa shape index (κ2) is 43.6. The number of allylic oxidation sites excluding steroid dienone is 2. The van der Waals surface area contributed by atoms with E-state index < -0.39 is 182 Å². The molecule has 2 bridgehead atoms. The van der Waals surface area contributed by atoms with Gasteiger partial charge in [0.15, 0.2) is 12.1 Å². The number of aliphatic hydroxyl groups excluding tert-OH is 16. The molecular weight excluding hydrogens is 1250 g/mol. The molecule has 0 aromatic rings. The maximum Gasteiger partial charge on any atom is 0.311 e. The van der Waals surface area contributed by atoms with Gasteiger partial charge in [-0.2, -0.15) is 0 Å². The van der Waals surface area contributed by atoms with E-state index in [0.717, 1.165) is 12.8 Å². The number of fused-ring (bicyclic) bond motifs is 2. The minimum absolute atomic E-state index is 0.00584. The highest BCUT2D eigenvalue weighted by molar-refractivity contribution is 5.71. The average molecular weight is 1390 g/mol. The Hall–Kier alpha value is -2.41. The van der Waals surface area contributed by atoms with Crippen molar-refractivity contribution in [3.8, 4) is 0 Å². The van der Waals surface area contributed by atoms with Gasteiger partial charge in [0.25, 0.3) is 0 Å². The van der Waals surface area contributed by atoms with Crippen LogP contribution in [0.15, 0.2) is 47.6 Å². The molecule has 3 aliphatic heterocycles. The molecule has 0 amide bonds. The lowest BCUT2D eigenvalue weighted by atomic mass is 9.80. The first-order valence-electron chi connectivity index (χ1n) is 36.4. The summed E-state index contributed by atoms with van der Waals surface area (Å²) in [5, 5.41) is 191. The van der Waals surface area contributed by atoms with Gasteiger partial charge in [-0.1, -0.05) is 98.6 Å². The van der Waals surface area contributed by atoms with Gasteiger partial charge in [-0.25, -0.2) is 0 Å². The van der Waals surface area contributed by atoms with Crippen LogP contribution in [0.5, 0.6) is 0 Å². The second-order valence-electron chi connectivity index (χ2n) is 30.5. The SMILES string of the molecule is CC1=CC=CC[C@@H](O)[C@H](C)[C@@H](O)CCC[C@@H](O)C[C@H](O)C(C)=CC(CCCC(C)C(C)C)[C@@H](O)C(O)CC[C@@H](O)C[C@H](O)C[C@@H](O)[C@@H](C)CC[C@@H](O)[C@H](C)[C@@H](O)CCC[C@H](O)C[C@H](O)C=CC(C)OC(=O)CC2(O)O[C@@H](C[C@H](OC3O[C@H](C)[C@@H](O)[C@H](N(C)C)[C@H]3O)[C@H]2C)[C@@H](C)[C@@H]1O. The Morgan fingerprint density at radius 1 is 0.608 bits per heavy atom. The largest absolute Gasteiger partial charge is 0.458 e. The number of hydrogen-bond donors (Lipinski definition) is 17. The van der Waals surface area contributed by atoms with Crippen molar-refractivity contribution in [2.45, 2.75) is 352 Å². The zero-order valence-corrected chi connectivity index (χ0v) is 61.0. The molecule has 0 aliphatic carbocycles. The fraction of sp³-hybridized carbons (Fsp3) is 0.878. The summed E-state index contributed by atoms with van der Waals surface area (Å²) in [7, 11) is 3.40. The van der Waals surface area contributed by atoms with Crippen molar-refractivity contribution >= 4 is 5.97 Å². The number of esters is 1. The monoisotopic (exact) mass is 1390 g/mol. The number of likely N-dealkylation sites (N-methyl/N-ethyl adjacent to an activating group) is 1. The van der Waals surface area contributed by atoms with Crippen molar-refractivity contribution in [1.29, 1.82) is 0 Å². The Morgan fingerprint density at radius 2 is 1.19 bits per heavy atom. The van der Waals surface area contributed by atoms with Crippen molar-refractivity contribution in [2.24, 2.45) is 47.3 Å². The molecule has 6 unspecified atom stereocenters. The minimum Gasteiger partial charge on any atom is -0.458 e. The zero-order valence-electron chi connectivity index (χ0n) is 61.0. The number of aliphatic hydroxyl groups is 17. The van der Waals surface area contributed by atoms with Crippen LogP contribution in [0.3, 0.4) is 0 Å². The fourth-order valence-corrected chi connectivity index (χ4v) is 13.7. The van der Waals surface area contributed by atoms with Gasteiger partial charge in [0, 0.05) is 48.9 Å². The first-order valence-corrected chi connectivity index (χ1v) is 36.4. The molecular formula is C74H135NO22. The van der Waals surface area contributed by atoms with E-state index in [0.29, 0.717) is 48.7 Å². The summed E-state index contributed by atoms with van der Waals surface area (Å²) in [6.45, 7) is 21.6. The topological polar surface area (TPSA) is 401 Å². The highest BCUT2D eigenvalue weighted by Crippen LogP contribution is 2.42. The summed E-state index contributed by atoms with van der Waals surface area (Å²) in [4.78, 5) is 15.4. The van der Waals surface area contributed by atoms with Crippen molar-refractivity contribution in [3.63, 3.8) is 0 Å². The summed E-state index contributed by atoms with van der Waals surface area (Å²) in [5.74, 6) is -6.06. The normalized spacial score (nSPS) is 42.7. The Labute approximate surface area is 579 Å². The standard InChI is InChI=1S/C74H135NO22/c1-41(2)42(3)21-17-22-52-34-45(6)64(87)37-54(77)24-19-27-59(82)47(8)58(81)25-16-15-20-44(5)69(89)49(10)65-39-66(96-73-72(92)68(75(13)14)70(90)51(12)95-73)50(11)74(93,97-65)40-67(88)94-46(7)29-30-55(78)35-53(76)23-18-26-60(83)48(9)61(84)32-28-43(4)63(86)38-57(80)36-56(79)31-33-62(85)71(52)91/h15-16,20,29-30,34,41-43,46-66,68-73,76-87,89-93H,17-19,21-28,31-33,35-40H2,1-14H3/t42?,43-,46?,47-,48+,49+,50+,51+,52?,53-,54+,55+,56+,57-,58+,59-,60-,61+,62?,63+,64-,65-,66-,68-,69+,70+,71+,72+,73?,74?/m0/s1. The van der Waals surface area contributed by atoms with E-state index >= 15 is 0 Å². The van der Waals surface area contributed by atoms with Gasteiger partial charge >= 0.3 is 5.97 Å². The van der Waals surface area contributed by atoms with Gasteiger partial charge in [-0.15, -0.1) is 0 Å². The molecule has 17 N–H and O–H groups in total. The number of carbonyl (C=O) groups is 1. The molecule has 30 atom stereocenters. The van der Waals surface area contributed by atoms with Crippen LogP contribution >= 0.6 is 0 Å². The molecule has 23 heteroatoms. The van der Waals surface area contributed by atoms with Crippen LogP contribution in [0.4, 0.5) is 0 Å². The van der Waals surface area contributed by atoms with E-state index in [1.807, 2.05) is 0 Å². The lowest BCUT2D eigenvalue weighted by molar-refractivity contribution is -0.351. The summed E-state index contributed by atoms with van der Waals surface area (Å²) in [6.07, 6.45) is -8.67. The Kier molecular flexibility index (Phi) is 40.0. The van der Waals surface area contributed by atoms with Gasteiger partial charge in [-0.3, -0.25) is 4.79 Å². The summed E-state index contributed by atoms with van der Waals surface area (Å²) < 4.78 is 24.5. The average Bonchev–Trinajstić information content (AvgIpc) is 0.771. The predicted molar refractivity (Wildman–Crippen MR) is 370 cm³/mol. The van der Waals surface area contributed by atoms with Crippen molar-refractivity contribution in [3.05, 3.63) is 47.6 Å². The van der Waals surface area contributed by atoms with E-state index in [4.69, 9.17) is 18.9 Å². The third kappa shape index (κ3) is 30.1. The number of carbonyl (C=O) groups excluding carboxylic acids is 1. The number of cyclic esters (lactones) is 1. The number of hydrogen-bond acceptors (Lipinski definition) is 23. The van der Waals surface area contributed by atoms with Crippen LogP contribution in [0.2, 0.25) is 0 Å². The molecule has 0 spiro atoms. The molecule has 0 radical (unpaired) electrons. The van der Waals surface area contributed by atoms with Gasteiger partial charge in [0.05, 0.1) is 122 Å². The zero-order chi connectivity index (χ0) is 73.3. The highest BCUT2D eigenvalue weighted by atomic mass is 16.7. The molecule has 0 aromatic carbocycles. The molecule has 2 fully saturated rings. The van der Waals surface area contributed by atoms with Crippen molar-refractivity contribution < 1.29 is 111 Å². The summed E-state index contributed by atoms with van der Waals surface area (Å²) in [5.41, 5.74) is 0.997. The number of ether oxygens (including phenoxy) is 4. The third-order valence-electron chi connectivity index (χ3n) is 21.7. The molecule has 3 aliphatic rings. The molecule has 0 aromatic heterocycles. The van der Waals surface area contributed by atoms with Crippen LogP contribution < -0.4 is 0 Å². The van der Waals surface area contributed by atoms with Crippen molar-refractivity contribution in [2.75, 3.05) is 14.1 Å². The van der Waals surface area contributed by atoms with E-state index in [1.54, 1.807) is 106 Å². The smallest absolute Gasteiger partial charge is 0.311 e. The summed E-state index contributed by atoms with van der Waals surface area (Å²) in [6, 6.07) is -0.782. The number of rotatable bonds is 8. The lowest BCUT2D eigenvalue weighted by Crippen LogP contribution is -2.64. The summed E-state index contributed by atoms with van der Waals surface area (Å²) >= 11 is 0. The molecule has 23 nitrogen and oxygen atoms in total. The second-order valence-corrected chi connectivity index (χ2v) is 30.5. The van der Waals surface area contributed by atoms with Crippen LogP contribution in [0, 0.1) is 47.3 Å². The molecule has 0 saturated carbocycles. The van der Waals surface area contributed by atoms with E-state index in [9.17, 15) is 91.6 Å². The Bertz CT molecular complexity index is 2310.